The molecule has 20 heavy (non-hydrogen) atoms. The minimum atomic E-state index is 0.176. The van der Waals surface area contributed by atoms with Crippen molar-refractivity contribution in [3.05, 3.63) is 47.3 Å². The minimum absolute atomic E-state index is 0.176. The number of nitrogens with one attached hydrogen (secondary N) is 1. The lowest BCUT2D eigenvalue weighted by molar-refractivity contribution is 0.414. The summed E-state index contributed by atoms with van der Waals surface area (Å²) in [5, 5.41) is 7.96. The van der Waals surface area contributed by atoms with E-state index < -0.39 is 0 Å². The van der Waals surface area contributed by atoms with Crippen LogP contribution in [0.25, 0.3) is 0 Å². The Hall–Kier alpha value is -1.81. The fourth-order valence-electron chi connectivity index (χ4n) is 2.29. The van der Waals surface area contributed by atoms with E-state index in [1.165, 1.54) is 16.8 Å². The molecule has 0 amide bonds. The summed E-state index contributed by atoms with van der Waals surface area (Å²) in [5.74, 6) is 0.880. The van der Waals surface area contributed by atoms with Crippen LogP contribution in [-0.4, -0.2) is 23.4 Å². The number of ether oxygens (including phenoxy) is 1. The summed E-state index contributed by atoms with van der Waals surface area (Å²) in [4.78, 5) is 0. The van der Waals surface area contributed by atoms with Crippen molar-refractivity contribution in [2.24, 2.45) is 7.05 Å². The predicted molar refractivity (Wildman–Crippen MR) is 81.1 cm³/mol. The lowest BCUT2D eigenvalue weighted by Gasteiger charge is -2.19. The predicted octanol–water partition coefficient (Wildman–Crippen LogP) is 2.83. The topological polar surface area (TPSA) is 39.1 Å². The molecule has 2 aromatic rings. The molecule has 1 heterocycles. The number of aromatic nitrogens is 2. The highest BCUT2D eigenvalue weighted by atomic mass is 16.5. The summed E-state index contributed by atoms with van der Waals surface area (Å²) in [6, 6.07) is 8.40. The highest BCUT2D eigenvalue weighted by Crippen LogP contribution is 2.26. The van der Waals surface area contributed by atoms with Crippen molar-refractivity contribution in [3.8, 4) is 5.75 Å². The molecule has 0 aliphatic rings. The molecule has 0 aliphatic carbocycles. The van der Waals surface area contributed by atoms with Crippen LogP contribution in [0, 0.1) is 6.92 Å². The van der Waals surface area contributed by atoms with Gasteiger partial charge in [0.05, 0.1) is 19.3 Å². The Balaban J connectivity index is 2.33. The first-order valence-electron chi connectivity index (χ1n) is 7.03. The monoisotopic (exact) mass is 273 g/mol. The van der Waals surface area contributed by atoms with Crippen LogP contribution in [0.3, 0.4) is 0 Å². The zero-order chi connectivity index (χ0) is 14.5. The largest absolute Gasteiger partial charge is 0.497 e. The molecule has 4 heteroatoms. The molecule has 1 aromatic carbocycles. The van der Waals surface area contributed by atoms with E-state index in [1.54, 1.807) is 7.11 Å². The molecule has 0 radical (unpaired) electrons. The number of nitrogens with zero attached hydrogens (tertiary/aromatic N) is 2. The van der Waals surface area contributed by atoms with Crippen molar-refractivity contribution in [1.29, 1.82) is 0 Å². The number of methoxy groups -OCH3 is 1. The second kappa shape index (κ2) is 6.57. The number of rotatable bonds is 6. The molecule has 1 N–H and O–H groups in total. The first kappa shape index (κ1) is 14.6. The smallest absolute Gasteiger partial charge is 0.118 e. The number of aryl methyl sites for hydroxylation is 1. The summed E-state index contributed by atoms with van der Waals surface area (Å²) >= 11 is 0. The van der Waals surface area contributed by atoms with Gasteiger partial charge in [-0.05, 0) is 37.6 Å². The van der Waals surface area contributed by atoms with E-state index in [2.05, 4.69) is 36.4 Å². The highest BCUT2D eigenvalue weighted by molar-refractivity contribution is 5.36. The van der Waals surface area contributed by atoms with Gasteiger partial charge >= 0.3 is 0 Å². The first-order valence-corrected chi connectivity index (χ1v) is 7.03. The van der Waals surface area contributed by atoms with Crippen molar-refractivity contribution < 1.29 is 4.74 Å². The van der Waals surface area contributed by atoms with Crippen LogP contribution in [0.15, 0.2) is 30.5 Å². The molecule has 1 atom stereocenters. The molecule has 0 saturated heterocycles. The molecule has 0 spiro atoms. The van der Waals surface area contributed by atoms with E-state index in [4.69, 9.17) is 4.74 Å². The van der Waals surface area contributed by atoms with Crippen molar-refractivity contribution in [1.82, 2.24) is 15.1 Å². The minimum Gasteiger partial charge on any atom is -0.497 e. The molecule has 0 saturated carbocycles. The molecule has 108 valence electrons. The van der Waals surface area contributed by atoms with E-state index in [-0.39, 0.29) is 6.04 Å². The highest BCUT2D eigenvalue weighted by Gasteiger charge is 2.18. The van der Waals surface area contributed by atoms with Gasteiger partial charge in [-0.15, -0.1) is 0 Å². The average Bonchev–Trinajstić information content (AvgIpc) is 2.81. The molecular formula is C16H23N3O. The van der Waals surface area contributed by atoms with Gasteiger partial charge in [0.15, 0.2) is 0 Å². The molecule has 0 bridgehead atoms. The third-order valence-corrected chi connectivity index (χ3v) is 3.63. The van der Waals surface area contributed by atoms with Gasteiger partial charge in [-0.3, -0.25) is 4.68 Å². The summed E-state index contributed by atoms with van der Waals surface area (Å²) in [7, 11) is 3.66. The van der Waals surface area contributed by atoms with Crippen LogP contribution in [0.1, 0.15) is 36.2 Å². The van der Waals surface area contributed by atoms with Crippen LogP contribution in [0.5, 0.6) is 5.75 Å². The number of benzene rings is 1. The van der Waals surface area contributed by atoms with Crippen molar-refractivity contribution in [2.45, 2.75) is 26.3 Å². The van der Waals surface area contributed by atoms with Crippen LogP contribution in [0.2, 0.25) is 0 Å². The second-order valence-electron chi connectivity index (χ2n) is 4.97. The lowest BCUT2D eigenvalue weighted by Crippen LogP contribution is -2.23. The van der Waals surface area contributed by atoms with Crippen molar-refractivity contribution >= 4 is 0 Å². The van der Waals surface area contributed by atoms with E-state index in [0.717, 1.165) is 18.7 Å². The zero-order valence-corrected chi connectivity index (χ0v) is 12.7. The fraction of sp³-hybridized carbons (Fsp3) is 0.438. The third kappa shape index (κ3) is 3.02. The molecular weight excluding hydrogens is 250 g/mol. The van der Waals surface area contributed by atoms with Gasteiger partial charge < -0.3 is 10.1 Å². The Morgan fingerprint density at radius 2 is 2.00 bits per heavy atom. The second-order valence-corrected chi connectivity index (χ2v) is 4.97. The summed E-state index contributed by atoms with van der Waals surface area (Å²) in [5.41, 5.74) is 3.65. The third-order valence-electron chi connectivity index (χ3n) is 3.63. The van der Waals surface area contributed by atoms with Crippen LogP contribution in [0.4, 0.5) is 0 Å². The van der Waals surface area contributed by atoms with Crippen molar-refractivity contribution in [2.75, 3.05) is 13.7 Å². The van der Waals surface area contributed by atoms with E-state index >= 15 is 0 Å². The Morgan fingerprint density at radius 3 is 2.50 bits per heavy atom. The van der Waals surface area contributed by atoms with Gasteiger partial charge in [-0.2, -0.15) is 5.10 Å². The van der Waals surface area contributed by atoms with Gasteiger partial charge in [-0.1, -0.05) is 19.1 Å². The number of hydrogen-bond donors (Lipinski definition) is 1. The zero-order valence-electron chi connectivity index (χ0n) is 12.7. The van der Waals surface area contributed by atoms with E-state index in [1.807, 2.05) is 30.1 Å². The molecule has 1 unspecified atom stereocenters. The maximum atomic E-state index is 5.23. The van der Waals surface area contributed by atoms with Crippen LogP contribution >= 0.6 is 0 Å². The molecule has 0 fully saturated rings. The number of hydrogen-bond acceptors (Lipinski definition) is 3. The standard InChI is InChI=1S/C16H23N3O/c1-5-10-17-16(15-11-18-19(3)12(15)2)13-6-8-14(20-4)9-7-13/h6-9,11,16-17H,5,10H2,1-4H3. The molecule has 4 nitrogen and oxygen atoms in total. The normalized spacial score (nSPS) is 12.4. The maximum absolute atomic E-state index is 5.23. The molecule has 1 aromatic heterocycles. The Morgan fingerprint density at radius 1 is 1.30 bits per heavy atom. The van der Waals surface area contributed by atoms with Gasteiger partial charge in [0, 0.05) is 18.3 Å². The molecule has 2 rings (SSSR count). The maximum Gasteiger partial charge on any atom is 0.118 e. The van der Waals surface area contributed by atoms with E-state index in [9.17, 15) is 0 Å². The summed E-state index contributed by atoms with van der Waals surface area (Å²) in [6.07, 6.45) is 3.05. The van der Waals surface area contributed by atoms with Gasteiger partial charge in [0.25, 0.3) is 0 Å². The van der Waals surface area contributed by atoms with E-state index in [0.29, 0.717) is 0 Å². The SMILES string of the molecule is CCCNC(c1ccc(OC)cc1)c1cnn(C)c1C. The Bertz CT molecular complexity index is 545. The van der Waals surface area contributed by atoms with Crippen LogP contribution in [-0.2, 0) is 7.05 Å². The van der Waals surface area contributed by atoms with Crippen molar-refractivity contribution in [3.63, 3.8) is 0 Å². The Kier molecular flexibility index (Phi) is 4.79. The molecule has 0 aliphatic heterocycles. The van der Waals surface area contributed by atoms with Gasteiger partial charge in [-0.25, -0.2) is 0 Å². The van der Waals surface area contributed by atoms with Gasteiger partial charge in [0.2, 0.25) is 0 Å². The fourth-order valence-corrected chi connectivity index (χ4v) is 2.29. The summed E-state index contributed by atoms with van der Waals surface area (Å²) < 4.78 is 7.14. The first-order chi connectivity index (χ1) is 9.67. The van der Waals surface area contributed by atoms with Crippen LogP contribution < -0.4 is 10.1 Å². The average molecular weight is 273 g/mol. The van der Waals surface area contributed by atoms with Gasteiger partial charge in [0.1, 0.15) is 5.75 Å². The quantitative estimate of drug-likeness (QED) is 0.879. The lowest BCUT2D eigenvalue weighted by atomic mass is 9.99. The summed E-state index contributed by atoms with van der Waals surface area (Å²) in [6.45, 7) is 5.26. The Labute approximate surface area is 120 Å².